The molecule has 0 aliphatic carbocycles. The molecular formula is C100H100N14. The van der Waals surface area contributed by atoms with Crippen LogP contribution < -0.4 is 39.2 Å². The third-order valence-corrected chi connectivity index (χ3v) is 20.1. The first-order valence-corrected chi connectivity index (χ1v) is 38.3. The number of benzene rings is 13. The molecule has 0 unspecified atom stereocenters. The van der Waals surface area contributed by atoms with Crippen molar-refractivity contribution in [3.8, 4) is 0 Å². The van der Waals surface area contributed by atoms with Crippen molar-refractivity contribution in [1.29, 1.82) is 0 Å². The first-order chi connectivity index (χ1) is 55.0. The topological polar surface area (TPSA) is 100 Å². The summed E-state index contributed by atoms with van der Waals surface area (Å²) in [5, 5.41) is 0. The average molecular weight is 1500 g/mol. The molecule has 14 heteroatoms. The predicted molar refractivity (Wildman–Crippen MR) is 490 cm³/mol. The highest BCUT2D eigenvalue weighted by Gasteiger charge is 2.19. The van der Waals surface area contributed by atoms with Crippen LogP contribution in [0, 0.1) is 0 Å². The largest absolute Gasteiger partial charge is 0.378 e. The summed E-state index contributed by atoms with van der Waals surface area (Å²) in [5.74, 6) is 0. The van der Waals surface area contributed by atoms with Gasteiger partial charge in [-0.1, -0.05) is 146 Å². The molecule has 0 spiro atoms. The molecule has 0 aromatic heterocycles. The summed E-state index contributed by atoms with van der Waals surface area (Å²) in [7, 11) is 32.9. The second-order valence-corrected chi connectivity index (χ2v) is 30.0. The number of hydrogen-bond donors (Lipinski definition) is 0. The van der Waals surface area contributed by atoms with Gasteiger partial charge in [0, 0.05) is 225 Å². The highest BCUT2D eigenvalue weighted by molar-refractivity contribution is 6.19. The maximum atomic E-state index is 5.55. The first kappa shape index (κ1) is 78.4. The minimum atomic E-state index is 0.750. The standard InChI is InChI=1S/C100H100N14/c1-107(2)87-53-25-73(26-54-87)97(74-27-55-88(56-28-74)108(3)4)101-81-41-17-69(18-42-81)95(70-19-43-82(44-20-70)102-98(75-29-57-89(58-30-75)109(5)6)76-31-59-90(60-32-76)110(7)8)105-85-49-51-86(52-50-85)106-96(71-21-45-83(46-22-71)103-99(77-33-61-91(62-34-77)111(9)10)78-35-63-92(64-36-78)112(11)12)72-23-47-84(48-24-72)104-100(79-37-65-93(66-38-79)113(13)14)80-39-67-94(68-40-80)114(15)16/h17-68H,1-16H3. The van der Waals surface area contributed by atoms with Gasteiger partial charge < -0.3 is 39.2 Å². The maximum absolute atomic E-state index is 5.55. The molecule has 114 heavy (non-hydrogen) atoms. The van der Waals surface area contributed by atoms with E-state index in [1.165, 1.54) is 0 Å². The molecular weight excluding hydrogens is 1400 g/mol. The zero-order valence-electron chi connectivity index (χ0n) is 68.3. The van der Waals surface area contributed by atoms with E-state index in [-0.39, 0.29) is 0 Å². The van der Waals surface area contributed by atoms with Gasteiger partial charge in [0.2, 0.25) is 0 Å². The fraction of sp³-hybridized carbons (Fsp3) is 0.160. The molecule has 570 valence electrons. The van der Waals surface area contributed by atoms with Gasteiger partial charge in [0.25, 0.3) is 0 Å². The van der Waals surface area contributed by atoms with E-state index in [1.54, 1.807) is 0 Å². The van der Waals surface area contributed by atoms with E-state index in [2.05, 4.69) is 443 Å². The lowest BCUT2D eigenvalue weighted by Gasteiger charge is -2.16. The van der Waals surface area contributed by atoms with E-state index in [0.717, 1.165) is 181 Å². The summed E-state index contributed by atoms with van der Waals surface area (Å²) in [6.45, 7) is 0. The molecule has 0 aliphatic rings. The van der Waals surface area contributed by atoms with Gasteiger partial charge in [-0.3, -0.25) is 0 Å². The lowest BCUT2D eigenvalue weighted by atomic mass is 9.99. The van der Waals surface area contributed by atoms with Crippen molar-refractivity contribution < 1.29 is 0 Å². The molecule has 0 radical (unpaired) electrons. The van der Waals surface area contributed by atoms with Crippen LogP contribution in [-0.2, 0) is 0 Å². The van der Waals surface area contributed by atoms with E-state index < -0.39 is 0 Å². The summed E-state index contributed by atoms with van der Waals surface area (Å²) in [6, 6.07) is 110. The summed E-state index contributed by atoms with van der Waals surface area (Å²) < 4.78 is 0. The van der Waals surface area contributed by atoms with Gasteiger partial charge in [0.15, 0.2) is 0 Å². The van der Waals surface area contributed by atoms with E-state index >= 15 is 0 Å². The Hall–Kier alpha value is -13.7. The van der Waals surface area contributed by atoms with E-state index in [9.17, 15) is 0 Å². The number of aliphatic imine (C=N–C) groups is 6. The first-order valence-electron chi connectivity index (χ1n) is 38.3. The van der Waals surface area contributed by atoms with Crippen LogP contribution in [0.3, 0.4) is 0 Å². The number of hydrogen-bond acceptors (Lipinski definition) is 14. The Morgan fingerprint density at radius 1 is 0.123 bits per heavy atom. The van der Waals surface area contributed by atoms with Crippen LogP contribution in [0.5, 0.6) is 0 Å². The van der Waals surface area contributed by atoms with Gasteiger partial charge >= 0.3 is 0 Å². The highest BCUT2D eigenvalue weighted by atomic mass is 15.1. The average Bonchev–Trinajstić information content (AvgIpc) is 0.815. The van der Waals surface area contributed by atoms with Crippen molar-refractivity contribution in [2.45, 2.75) is 0 Å². The number of nitrogens with zero attached hydrogens (tertiary/aromatic N) is 14. The predicted octanol–water partition coefficient (Wildman–Crippen LogP) is 21.2. The van der Waals surface area contributed by atoms with Gasteiger partial charge in [-0.2, -0.15) is 0 Å². The number of rotatable bonds is 26. The quantitative estimate of drug-likeness (QED) is 0.0494. The summed E-state index contributed by atoms with van der Waals surface area (Å²) in [6.07, 6.45) is 0. The zero-order valence-corrected chi connectivity index (χ0v) is 68.3. The molecule has 0 N–H and O–H groups in total. The molecule has 0 saturated carbocycles. The normalized spacial score (nSPS) is 10.8. The van der Waals surface area contributed by atoms with Crippen molar-refractivity contribution >= 4 is 114 Å². The molecule has 0 heterocycles. The molecule has 0 aliphatic heterocycles. The van der Waals surface area contributed by atoms with Crippen molar-refractivity contribution in [3.63, 3.8) is 0 Å². The molecule has 14 nitrogen and oxygen atoms in total. The zero-order chi connectivity index (χ0) is 80.1. The molecule has 13 aromatic rings. The Morgan fingerprint density at radius 3 is 0.289 bits per heavy atom. The molecule has 0 bridgehead atoms. The molecule has 0 saturated heterocycles. The van der Waals surface area contributed by atoms with Gasteiger partial charge in [0.05, 0.1) is 68.4 Å². The fourth-order valence-electron chi connectivity index (χ4n) is 13.3. The van der Waals surface area contributed by atoms with Crippen LogP contribution >= 0.6 is 0 Å². The third-order valence-electron chi connectivity index (χ3n) is 20.1. The van der Waals surface area contributed by atoms with E-state index in [1.807, 2.05) is 24.3 Å². The fourth-order valence-corrected chi connectivity index (χ4v) is 13.3. The Balaban J connectivity index is 0.909. The van der Waals surface area contributed by atoms with Crippen molar-refractivity contribution in [2.75, 3.05) is 152 Å². The third kappa shape index (κ3) is 19.2. The van der Waals surface area contributed by atoms with Crippen LogP contribution in [0.1, 0.15) is 66.8 Å². The lowest BCUT2D eigenvalue weighted by Crippen LogP contribution is -2.10. The van der Waals surface area contributed by atoms with Crippen LogP contribution in [0.4, 0.5) is 79.6 Å². The van der Waals surface area contributed by atoms with Gasteiger partial charge in [-0.15, -0.1) is 0 Å². The summed E-state index contributed by atoms with van der Waals surface area (Å²) >= 11 is 0. The second-order valence-electron chi connectivity index (χ2n) is 30.0. The lowest BCUT2D eigenvalue weighted by molar-refractivity contribution is 1.13. The number of anilines is 8. The van der Waals surface area contributed by atoms with E-state index in [0.29, 0.717) is 0 Å². The van der Waals surface area contributed by atoms with Crippen LogP contribution in [0.2, 0.25) is 0 Å². The van der Waals surface area contributed by atoms with Crippen molar-refractivity contribution in [3.05, 3.63) is 382 Å². The van der Waals surface area contributed by atoms with Crippen LogP contribution in [-0.4, -0.2) is 147 Å². The smallest absolute Gasteiger partial charge is 0.0781 e. The monoisotopic (exact) mass is 1500 g/mol. The van der Waals surface area contributed by atoms with Gasteiger partial charge in [0.1, 0.15) is 0 Å². The van der Waals surface area contributed by atoms with Gasteiger partial charge in [-0.05, 0) is 170 Å². The minimum absolute atomic E-state index is 0.750. The second kappa shape index (κ2) is 35.5. The minimum Gasteiger partial charge on any atom is -0.378 e. The summed E-state index contributed by atoms with van der Waals surface area (Å²) in [4.78, 5) is 49.6. The molecule has 13 rings (SSSR count). The SMILES string of the molecule is CN(C)c1ccc(C(=Nc2ccc(C(=Nc3ccc(N=C(c4ccc(N=C(c5ccc(N(C)C)cc5)c5ccc(N(C)C)cc5)cc4)c4ccc(N=C(c5ccc(N(C)C)cc5)c5ccc(N(C)C)cc5)cc4)cc3)c3ccc(N=C(c4ccc(N(C)C)cc4)c4ccc(N(C)C)cc4)cc3)cc2)c2ccc(N(C)C)cc2)cc1. The highest BCUT2D eigenvalue weighted by Crippen LogP contribution is 2.33. The molecule has 13 aromatic carbocycles. The summed E-state index contributed by atoms with van der Waals surface area (Å²) in [5.41, 5.74) is 30.5. The van der Waals surface area contributed by atoms with Crippen LogP contribution in [0.15, 0.2) is 345 Å². The molecule has 0 amide bonds. The Bertz CT molecular complexity index is 4690. The Labute approximate surface area is 674 Å². The van der Waals surface area contributed by atoms with Crippen molar-refractivity contribution in [2.24, 2.45) is 30.0 Å². The van der Waals surface area contributed by atoms with E-state index in [4.69, 9.17) is 30.0 Å². The van der Waals surface area contributed by atoms with Crippen molar-refractivity contribution in [1.82, 2.24) is 0 Å². The molecule has 0 fully saturated rings. The molecule has 0 atom stereocenters. The Kier molecular flexibility index (Phi) is 24.4. The Morgan fingerprint density at radius 2 is 0.202 bits per heavy atom. The van der Waals surface area contributed by atoms with Crippen LogP contribution in [0.25, 0.3) is 0 Å². The van der Waals surface area contributed by atoms with Gasteiger partial charge in [-0.25, -0.2) is 30.0 Å². The maximum Gasteiger partial charge on any atom is 0.0781 e.